The van der Waals surface area contributed by atoms with Gasteiger partial charge in [0.15, 0.2) is 0 Å². The zero-order valence-electron chi connectivity index (χ0n) is 10.7. The molecule has 0 aliphatic rings. The second kappa shape index (κ2) is 5.04. The molecule has 0 bridgehead atoms. The Morgan fingerprint density at radius 2 is 2.10 bits per heavy atom. The number of aromatic hydroxyl groups is 1. The Morgan fingerprint density at radius 1 is 1.40 bits per heavy atom. The maximum Gasteiger partial charge on any atom is 0.331 e. The van der Waals surface area contributed by atoms with Gasteiger partial charge in [-0.05, 0) is 12.5 Å². The molecule has 0 radical (unpaired) electrons. The van der Waals surface area contributed by atoms with Crippen LogP contribution in [0.5, 0.6) is 5.88 Å². The number of nitrogens with two attached hydrogens (primary N) is 1. The van der Waals surface area contributed by atoms with E-state index in [1.807, 2.05) is 13.0 Å². The Hall–Kier alpha value is -2.83. The molecule has 1 amide bonds. The topological polar surface area (TPSA) is 118 Å². The number of hydrogen-bond acceptors (Lipinski definition) is 4. The van der Waals surface area contributed by atoms with Gasteiger partial charge < -0.3 is 10.8 Å². The number of nitrogens with zero attached hydrogens (tertiary/aromatic N) is 1. The average Bonchev–Trinajstić information content (AvgIpc) is 2.34. The third-order valence-electron chi connectivity index (χ3n) is 2.79. The van der Waals surface area contributed by atoms with Gasteiger partial charge >= 0.3 is 5.69 Å². The van der Waals surface area contributed by atoms with Crippen LogP contribution in [0.2, 0.25) is 0 Å². The smallest absolute Gasteiger partial charge is 0.331 e. The molecule has 20 heavy (non-hydrogen) atoms. The van der Waals surface area contributed by atoms with E-state index in [4.69, 9.17) is 5.73 Å². The third-order valence-corrected chi connectivity index (χ3v) is 2.79. The number of amides is 1. The summed E-state index contributed by atoms with van der Waals surface area (Å²) in [6.07, 6.45) is 0. The monoisotopic (exact) mass is 275 g/mol. The number of rotatable bonds is 3. The van der Waals surface area contributed by atoms with Crippen LogP contribution in [0.4, 0.5) is 0 Å². The van der Waals surface area contributed by atoms with Gasteiger partial charge in [0.05, 0.1) is 0 Å². The molecule has 0 saturated heterocycles. The number of aryl methyl sites for hydroxylation is 1. The van der Waals surface area contributed by atoms with E-state index in [0.29, 0.717) is 5.56 Å². The van der Waals surface area contributed by atoms with E-state index in [-0.39, 0.29) is 5.56 Å². The molecule has 7 heteroatoms. The summed E-state index contributed by atoms with van der Waals surface area (Å²) in [4.78, 5) is 36.4. The predicted molar refractivity (Wildman–Crippen MR) is 72.4 cm³/mol. The highest BCUT2D eigenvalue weighted by Crippen LogP contribution is 2.24. The molecule has 0 aliphatic carbocycles. The fourth-order valence-electron chi connectivity index (χ4n) is 1.92. The highest BCUT2D eigenvalue weighted by atomic mass is 16.3. The SMILES string of the molecule is Cc1cccc(-c2c(O)n(CC(N)=O)c(=O)[nH]c2=O)c1. The first-order valence-corrected chi connectivity index (χ1v) is 5.81. The lowest BCUT2D eigenvalue weighted by molar-refractivity contribution is -0.118. The van der Waals surface area contributed by atoms with E-state index in [9.17, 15) is 19.5 Å². The molecule has 0 spiro atoms. The first kappa shape index (κ1) is 13.6. The molecule has 104 valence electrons. The van der Waals surface area contributed by atoms with E-state index in [2.05, 4.69) is 4.98 Å². The number of carbonyl (C=O) groups excluding carboxylic acids is 1. The summed E-state index contributed by atoms with van der Waals surface area (Å²) in [5, 5.41) is 10.1. The summed E-state index contributed by atoms with van der Waals surface area (Å²) in [5.74, 6) is -1.38. The minimum Gasteiger partial charge on any atom is -0.494 e. The molecular formula is C13H13N3O4. The van der Waals surface area contributed by atoms with Crippen LogP contribution < -0.4 is 17.0 Å². The highest BCUT2D eigenvalue weighted by molar-refractivity contribution is 5.74. The number of aromatic amines is 1. The molecule has 0 saturated carbocycles. The van der Waals surface area contributed by atoms with E-state index < -0.39 is 29.6 Å². The number of primary amides is 1. The van der Waals surface area contributed by atoms with E-state index in [1.165, 1.54) is 0 Å². The number of carbonyl (C=O) groups is 1. The van der Waals surface area contributed by atoms with Crippen molar-refractivity contribution >= 4 is 5.91 Å². The zero-order valence-corrected chi connectivity index (χ0v) is 10.7. The number of benzene rings is 1. The second-order valence-corrected chi connectivity index (χ2v) is 4.38. The van der Waals surface area contributed by atoms with Crippen molar-refractivity contribution in [2.75, 3.05) is 0 Å². The van der Waals surface area contributed by atoms with Gasteiger partial charge in [0.1, 0.15) is 12.1 Å². The van der Waals surface area contributed by atoms with Crippen LogP contribution in [-0.4, -0.2) is 20.6 Å². The van der Waals surface area contributed by atoms with Gasteiger partial charge in [-0.15, -0.1) is 0 Å². The van der Waals surface area contributed by atoms with Crippen LogP contribution in [0.1, 0.15) is 5.56 Å². The Bertz CT molecular complexity index is 789. The Kier molecular flexibility index (Phi) is 3.43. The van der Waals surface area contributed by atoms with E-state index >= 15 is 0 Å². The van der Waals surface area contributed by atoms with Crippen LogP contribution in [0, 0.1) is 6.92 Å². The van der Waals surface area contributed by atoms with E-state index in [1.54, 1.807) is 18.2 Å². The highest BCUT2D eigenvalue weighted by Gasteiger charge is 2.16. The second-order valence-electron chi connectivity index (χ2n) is 4.38. The Labute approximate surface area is 113 Å². The summed E-state index contributed by atoms with van der Waals surface area (Å²) in [7, 11) is 0. The minimum absolute atomic E-state index is 0.0745. The van der Waals surface area contributed by atoms with Crippen LogP contribution in [0.15, 0.2) is 33.9 Å². The van der Waals surface area contributed by atoms with Gasteiger partial charge in [-0.2, -0.15) is 0 Å². The number of aromatic nitrogens is 2. The lowest BCUT2D eigenvalue weighted by Crippen LogP contribution is -2.34. The van der Waals surface area contributed by atoms with E-state index in [0.717, 1.165) is 10.1 Å². The molecule has 0 aliphatic heterocycles. The maximum absolute atomic E-state index is 11.9. The molecule has 4 N–H and O–H groups in total. The van der Waals surface area contributed by atoms with Crippen molar-refractivity contribution in [1.82, 2.24) is 9.55 Å². The van der Waals surface area contributed by atoms with Gasteiger partial charge in [0, 0.05) is 0 Å². The lowest BCUT2D eigenvalue weighted by Gasteiger charge is -2.10. The van der Waals surface area contributed by atoms with Gasteiger partial charge in [-0.1, -0.05) is 29.8 Å². The predicted octanol–water partition coefficient (Wildman–Crippen LogP) is -0.297. The standard InChI is InChI=1S/C13H13N3O4/c1-7-3-2-4-8(5-7)10-11(18)15-13(20)16(12(10)19)6-9(14)17/h2-5,19H,6H2,1H3,(H2,14,17)(H,15,18,20). The fourth-order valence-corrected chi connectivity index (χ4v) is 1.92. The molecule has 2 aromatic rings. The zero-order chi connectivity index (χ0) is 14.9. The fraction of sp³-hybridized carbons (Fsp3) is 0.154. The molecule has 1 heterocycles. The number of nitrogens with one attached hydrogen (secondary N) is 1. The minimum atomic E-state index is -0.886. The molecule has 2 rings (SSSR count). The van der Waals surface area contributed by atoms with Crippen LogP contribution in [0.25, 0.3) is 11.1 Å². The van der Waals surface area contributed by atoms with Gasteiger partial charge in [0.25, 0.3) is 5.56 Å². The van der Waals surface area contributed by atoms with Crippen LogP contribution in [0.3, 0.4) is 0 Å². The summed E-state index contributed by atoms with van der Waals surface area (Å²) in [5.41, 5.74) is 4.66. The third kappa shape index (κ3) is 2.46. The quantitative estimate of drug-likeness (QED) is 0.712. The molecule has 0 unspecified atom stereocenters. The molecule has 0 fully saturated rings. The lowest BCUT2D eigenvalue weighted by atomic mass is 10.1. The largest absolute Gasteiger partial charge is 0.494 e. The van der Waals surface area contributed by atoms with Crippen LogP contribution in [-0.2, 0) is 11.3 Å². The van der Waals surface area contributed by atoms with Crippen molar-refractivity contribution in [3.05, 3.63) is 50.7 Å². The summed E-state index contributed by atoms with van der Waals surface area (Å²) < 4.78 is 0.724. The van der Waals surface area contributed by atoms with Gasteiger partial charge in [-0.3, -0.25) is 19.1 Å². The molecule has 7 nitrogen and oxygen atoms in total. The molecule has 1 aromatic carbocycles. The van der Waals surface area contributed by atoms with Crippen molar-refractivity contribution in [3.63, 3.8) is 0 Å². The summed E-state index contributed by atoms with van der Waals surface area (Å²) in [6, 6.07) is 6.85. The van der Waals surface area contributed by atoms with Gasteiger partial charge in [-0.25, -0.2) is 4.79 Å². The molecule has 1 aromatic heterocycles. The van der Waals surface area contributed by atoms with Crippen LogP contribution >= 0.6 is 0 Å². The van der Waals surface area contributed by atoms with Crippen molar-refractivity contribution < 1.29 is 9.90 Å². The van der Waals surface area contributed by atoms with Crippen molar-refractivity contribution in [2.24, 2.45) is 5.73 Å². The Morgan fingerprint density at radius 3 is 2.70 bits per heavy atom. The first-order valence-electron chi connectivity index (χ1n) is 5.81. The van der Waals surface area contributed by atoms with Crippen molar-refractivity contribution in [1.29, 1.82) is 0 Å². The molecule has 0 atom stereocenters. The summed E-state index contributed by atoms with van der Waals surface area (Å²) in [6.45, 7) is 1.31. The average molecular weight is 275 g/mol. The maximum atomic E-state index is 11.9. The number of H-pyrrole nitrogens is 1. The first-order chi connectivity index (χ1) is 9.40. The van der Waals surface area contributed by atoms with Gasteiger partial charge in [0.2, 0.25) is 11.8 Å². The van der Waals surface area contributed by atoms with Crippen molar-refractivity contribution in [3.8, 4) is 17.0 Å². The Balaban J connectivity index is 2.74. The molecular weight excluding hydrogens is 262 g/mol. The van der Waals surface area contributed by atoms with Crippen molar-refractivity contribution in [2.45, 2.75) is 13.5 Å². The normalized spacial score (nSPS) is 10.4. The number of hydrogen-bond donors (Lipinski definition) is 3. The summed E-state index contributed by atoms with van der Waals surface area (Å²) >= 11 is 0.